The molecule has 1 aliphatic rings. The zero-order chi connectivity index (χ0) is 12.3. The highest BCUT2D eigenvalue weighted by atomic mass is 35.5. The summed E-state index contributed by atoms with van der Waals surface area (Å²) in [5.74, 6) is -0.274. The Kier molecular flexibility index (Phi) is 4.13. The normalized spacial score (nSPS) is 21.4. The van der Waals surface area contributed by atoms with E-state index < -0.39 is 0 Å². The lowest BCUT2D eigenvalue weighted by Crippen LogP contribution is -2.35. The second kappa shape index (κ2) is 5.61. The molecule has 0 aromatic heterocycles. The molecule has 1 aromatic carbocycles. The number of rotatable bonds is 3. The van der Waals surface area contributed by atoms with Crippen molar-refractivity contribution in [2.45, 2.75) is 19.4 Å². The molecule has 0 spiro atoms. The van der Waals surface area contributed by atoms with Crippen LogP contribution in [0.2, 0.25) is 5.02 Å². The number of piperidine rings is 1. The first-order chi connectivity index (χ1) is 8.20. The van der Waals surface area contributed by atoms with E-state index in [1.54, 1.807) is 6.07 Å². The number of hydrogen-bond donors (Lipinski definition) is 0. The minimum Gasteiger partial charge on any atom is -0.303 e. The van der Waals surface area contributed by atoms with Gasteiger partial charge < -0.3 is 4.79 Å². The molecule has 1 aromatic rings. The SMILES string of the molecule is O=CC1CCCN(Cc2cccc(F)c2Cl)C1. The van der Waals surface area contributed by atoms with Crippen LogP contribution in [0.4, 0.5) is 4.39 Å². The highest BCUT2D eigenvalue weighted by molar-refractivity contribution is 6.31. The summed E-state index contributed by atoms with van der Waals surface area (Å²) >= 11 is 5.91. The highest BCUT2D eigenvalue weighted by Crippen LogP contribution is 2.23. The summed E-state index contributed by atoms with van der Waals surface area (Å²) in [6.07, 6.45) is 2.98. The molecule has 0 saturated carbocycles. The third-order valence-electron chi connectivity index (χ3n) is 3.16. The smallest absolute Gasteiger partial charge is 0.142 e. The van der Waals surface area contributed by atoms with Gasteiger partial charge in [-0.25, -0.2) is 4.39 Å². The van der Waals surface area contributed by atoms with Crippen LogP contribution in [0.15, 0.2) is 18.2 Å². The Labute approximate surface area is 105 Å². The Morgan fingerprint density at radius 3 is 3.12 bits per heavy atom. The van der Waals surface area contributed by atoms with E-state index in [-0.39, 0.29) is 16.8 Å². The fourth-order valence-corrected chi connectivity index (χ4v) is 2.44. The van der Waals surface area contributed by atoms with Crippen molar-refractivity contribution in [2.24, 2.45) is 5.92 Å². The maximum Gasteiger partial charge on any atom is 0.142 e. The van der Waals surface area contributed by atoms with Crippen molar-refractivity contribution in [3.05, 3.63) is 34.6 Å². The van der Waals surface area contributed by atoms with E-state index in [9.17, 15) is 9.18 Å². The molecule has 0 aliphatic carbocycles. The third kappa shape index (κ3) is 3.05. The van der Waals surface area contributed by atoms with Gasteiger partial charge in [-0.1, -0.05) is 23.7 Å². The van der Waals surface area contributed by atoms with Crippen molar-refractivity contribution >= 4 is 17.9 Å². The van der Waals surface area contributed by atoms with Gasteiger partial charge in [0.25, 0.3) is 0 Å². The predicted octanol–water partition coefficient (Wildman–Crippen LogP) is 2.89. The van der Waals surface area contributed by atoms with E-state index in [1.165, 1.54) is 6.07 Å². The van der Waals surface area contributed by atoms with Crippen LogP contribution in [0.5, 0.6) is 0 Å². The topological polar surface area (TPSA) is 20.3 Å². The Morgan fingerprint density at radius 2 is 2.35 bits per heavy atom. The van der Waals surface area contributed by atoms with Crippen molar-refractivity contribution in [3.8, 4) is 0 Å². The Morgan fingerprint density at radius 1 is 1.53 bits per heavy atom. The number of halogens is 2. The Bertz CT molecular complexity index is 410. The zero-order valence-electron chi connectivity index (χ0n) is 9.53. The van der Waals surface area contributed by atoms with Crippen molar-refractivity contribution in [1.82, 2.24) is 4.90 Å². The van der Waals surface area contributed by atoms with E-state index >= 15 is 0 Å². The molecule has 17 heavy (non-hydrogen) atoms. The summed E-state index contributed by atoms with van der Waals surface area (Å²) in [6.45, 7) is 2.30. The molecule has 4 heteroatoms. The summed E-state index contributed by atoms with van der Waals surface area (Å²) in [4.78, 5) is 12.9. The van der Waals surface area contributed by atoms with E-state index in [1.807, 2.05) is 6.07 Å². The molecular formula is C13H15ClFNO. The average Bonchev–Trinajstić information content (AvgIpc) is 2.35. The largest absolute Gasteiger partial charge is 0.303 e. The van der Waals surface area contributed by atoms with Crippen LogP contribution < -0.4 is 0 Å². The summed E-state index contributed by atoms with van der Waals surface area (Å²) in [6, 6.07) is 4.85. The maximum atomic E-state index is 13.3. The Hall–Kier alpha value is -0.930. The molecule has 2 rings (SSSR count). The van der Waals surface area contributed by atoms with Crippen LogP contribution in [0.3, 0.4) is 0 Å². The standard InChI is InChI=1S/C13H15ClFNO/c14-13-11(4-1-5-12(13)15)8-16-6-2-3-10(7-16)9-17/h1,4-5,9-10H,2-3,6-8H2. The van der Waals surface area contributed by atoms with Crippen molar-refractivity contribution in [1.29, 1.82) is 0 Å². The second-order valence-electron chi connectivity index (χ2n) is 4.49. The monoisotopic (exact) mass is 255 g/mol. The number of benzene rings is 1. The minimum absolute atomic E-state index is 0.107. The number of likely N-dealkylation sites (tertiary alicyclic amines) is 1. The number of nitrogens with zero attached hydrogens (tertiary/aromatic N) is 1. The number of carbonyl (C=O) groups excluding carboxylic acids is 1. The molecule has 0 N–H and O–H groups in total. The first-order valence-electron chi connectivity index (χ1n) is 5.81. The molecule has 1 atom stereocenters. The minimum atomic E-state index is -0.381. The second-order valence-corrected chi connectivity index (χ2v) is 4.86. The summed E-state index contributed by atoms with van der Waals surface area (Å²) in [5.41, 5.74) is 0.790. The van der Waals surface area contributed by atoms with Crippen LogP contribution in [0.25, 0.3) is 0 Å². The molecule has 2 nitrogen and oxygen atoms in total. The third-order valence-corrected chi connectivity index (χ3v) is 3.58. The van der Waals surface area contributed by atoms with E-state index in [4.69, 9.17) is 11.6 Å². The van der Waals surface area contributed by atoms with Crippen LogP contribution in [0, 0.1) is 11.7 Å². The van der Waals surface area contributed by atoms with Gasteiger partial charge in [-0.3, -0.25) is 4.90 Å². The van der Waals surface area contributed by atoms with Crippen LogP contribution in [0.1, 0.15) is 18.4 Å². The molecule has 0 radical (unpaired) electrons. The first kappa shape index (κ1) is 12.5. The van der Waals surface area contributed by atoms with E-state index in [2.05, 4.69) is 4.90 Å². The van der Waals surface area contributed by atoms with Gasteiger partial charge in [-0.15, -0.1) is 0 Å². The highest BCUT2D eigenvalue weighted by Gasteiger charge is 2.20. The lowest BCUT2D eigenvalue weighted by atomic mass is 9.99. The molecule has 1 heterocycles. The molecule has 0 amide bonds. The lowest BCUT2D eigenvalue weighted by molar-refractivity contribution is -0.112. The summed E-state index contributed by atoms with van der Waals surface area (Å²) < 4.78 is 13.3. The zero-order valence-corrected chi connectivity index (χ0v) is 10.3. The van der Waals surface area contributed by atoms with E-state index in [0.29, 0.717) is 6.54 Å². The van der Waals surface area contributed by atoms with Gasteiger partial charge in [0, 0.05) is 19.0 Å². The van der Waals surface area contributed by atoms with Gasteiger partial charge in [0.1, 0.15) is 12.1 Å². The average molecular weight is 256 g/mol. The fraction of sp³-hybridized carbons (Fsp3) is 0.462. The van der Waals surface area contributed by atoms with Crippen LogP contribution in [-0.2, 0) is 11.3 Å². The maximum absolute atomic E-state index is 13.3. The predicted molar refractivity (Wildman–Crippen MR) is 65.5 cm³/mol. The fourth-order valence-electron chi connectivity index (χ4n) is 2.26. The van der Waals surface area contributed by atoms with Gasteiger partial charge in [0.2, 0.25) is 0 Å². The molecule has 1 fully saturated rings. The molecule has 1 aliphatic heterocycles. The van der Waals surface area contributed by atoms with Gasteiger partial charge >= 0.3 is 0 Å². The number of aldehydes is 1. The van der Waals surface area contributed by atoms with Gasteiger partial charge in [0.15, 0.2) is 0 Å². The molecule has 92 valence electrons. The molecule has 0 bridgehead atoms. The van der Waals surface area contributed by atoms with E-state index in [0.717, 1.165) is 37.8 Å². The van der Waals surface area contributed by atoms with Crippen molar-refractivity contribution in [3.63, 3.8) is 0 Å². The van der Waals surface area contributed by atoms with Crippen molar-refractivity contribution < 1.29 is 9.18 Å². The van der Waals surface area contributed by atoms with Gasteiger partial charge in [-0.2, -0.15) is 0 Å². The molecule has 1 unspecified atom stereocenters. The van der Waals surface area contributed by atoms with Crippen molar-refractivity contribution in [2.75, 3.05) is 13.1 Å². The van der Waals surface area contributed by atoms with Gasteiger partial charge in [0.05, 0.1) is 5.02 Å². The molecular weight excluding hydrogens is 241 g/mol. The number of carbonyl (C=O) groups is 1. The van der Waals surface area contributed by atoms with Crippen LogP contribution in [-0.4, -0.2) is 24.3 Å². The number of hydrogen-bond acceptors (Lipinski definition) is 2. The Balaban J connectivity index is 2.05. The lowest BCUT2D eigenvalue weighted by Gasteiger charge is -2.30. The van der Waals surface area contributed by atoms with Gasteiger partial charge in [-0.05, 0) is 31.0 Å². The molecule has 1 saturated heterocycles. The van der Waals surface area contributed by atoms with Crippen LogP contribution >= 0.6 is 11.6 Å². The summed E-state index contributed by atoms with van der Waals surface area (Å²) in [7, 11) is 0. The quantitative estimate of drug-likeness (QED) is 0.774. The summed E-state index contributed by atoms with van der Waals surface area (Å²) in [5, 5.41) is 0.195. The first-order valence-corrected chi connectivity index (χ1v) is 6.19.